The van der Waals surface area contributed by atoms with Crippen LogP contribution in [0.15, 0.2) is 48.5 Å². The molecule has 1 unspecified atom stereocenters. The molecule has 104 valence electrons. The van der Waals surface area contributed by atoms with E-state index in [1.807, 2.05) is 6.92 Å². The maximum Gasteiger partial charge on any atom is 0.251 e. The number of carbonyl (C=O) groups is 1. The number of hydrogen-bond acceptors (Lipinski definition) is 2. The molecule has 4 heteroatoms. The Bertz CT molecular complexity index is 596. The highest BCUT2D eigenvalue weighted by atomic mass is 19.1. The Balaban J connectivity index is 1.95. The minimum absolute atomic E-state index is 0.0469. The van der Waals surface area contributed by atoms with Crippen molar-refractivity contribution in [1.82, 2.24) is 5.32 Å². The molecule has 3 nitrogen and oxygen atoms in total. The number of hydrogen-bond donors (Lipinski definition) is 2. The lowest BCUT2D eigenvalue weighted by Gasteiger charge is -2.14. The minimum Gasteiger partial charge on any atom is -0.399 e. The third-order valence-corrected chi connectivity index (χ3v) is 2.98. The fourth-order valence-corrected chi connectivity index (χ4v) is 2.01. The molecule has 0 radical (unpaired) electrons. The number of nitrogens with two attached hydrogens (primary N) is 1. The van der Waals surface area contributed by atoms with Crippen LogP contribution in [0.25, 0.3) is 0 Å². The van der Waals surface area contributed by atoms with Crippen LogP contribution in [-0.2, 0) is 6.42 Å². The van der Waals surface area contributed by atoms with Crippen LogP contribution in [0.4, 0.5) is 10.1 Å². The van der Waals surface area contributed by atoms with E-state index >= 15 is 0 Å². The van der Waals surface area contributed by atoms with Crippen molar-refractivity contribution in [2.24, 2.45) is 0 Å². The van der Waals surface area contributed by atoms with Crippen molar-refractivity contribution < 1.29 is 9.18 Å². The molecule has 0 saturated carbocycles. The van der Waals surface area contributed by atoms with Gasteiger partial charge in [0.2, 0.25) is 0 Å². The van der Waals surface area contributed by atoms with E-state index in [4.69, 9.17) is 5.73 Å². The van der Waals surface area contributed by atoms with Crippen LogP contribution in [0.2, 0.25) is 0 Å². The van der Waals surface area contributed by atoms with Gasteiger partial charge in [0.25, 0.3) is 5.91 Å². The summed E-state index contributed by atoms with van der Waals surface area (Å²) in [7, 11) is 0. The number of halogens is 1. The quantitative estimate of drug-likeness (QED) is 0.841. The third-order valence-electron chi connectivity index (χ3n) is 2.98. The lowest BCUT2D eigenvalue weighted by molar-refractivity contribution is 0.0940. The van der Waals surface area contributed by atoms with E-state index in [0.717, 1.165) is 5.56 Å². The summed E-state index contributed by atoms with van der Waals surface area (Å²) in [6.45, 7) is 1.91. The van der Waals surface area contributed by atoms with Gasteiger partial charge in [-0.05, 0) is 49.2 Å². The highest BCUT2D eigenvalue weighted by Gasteiger charge is 2.10. The van der Waals surface area contributed by atoms with Crippen LogP contribution >= 0.6 is 0 Å². The van der Waals surface area contributed by atoms with Gasteiger partial charge in [-0.3, -0.25) is 4.79 Å². The third kappa shape index (κ3) is 3.82. The van der Waals surface area contributed by atoms with Crippen LogP contribution in [-0.4, -0.2) is 11.9 Å². The summed E-state index contributed by atoms with van der Waals surface area (Å²) in [4.78, 5) is 12.0. The van der Waals surface area contributed by atoms with Crippen LogP contribution in [0.5, 0.6) is 0 Å². The SMILES string of the molecule is CC(Cc1ccc(F)cc1)NC(=O)c1cccc(N)c1. The van der Waals surface area contributed by atoms with Gasteiger partial charge in [0.05, 0.1) is 0 Å². The summed E-state index contributed by atoms with van der Waals surface area (Å²) in [5, 5.41) is 2.90. The lowest BCUT2D eigenvalue weighted by Crippen LogP contribution is -2.34. The molecule has 2 rings (SSSR count). The Morgan fingerprint density at radius 1 is 1.25 bits per heavy atom. The molecule has 0 aromatic heterocycles. The summed E-state index contributed by atoms with van der Waals surface area (Å²) in [5.74, 6) is -0.419. The monoisotopic (exact) mass is 272 g/mol. The van der Waals surface area contributed by atoms with Gasteiger partial charge in [-0.15, -0.1) is 0 Å². The van der Waals surface area contributed by atoms with Crippen molar-refractivity contribution in [1.29, 1.82) is 0 Å². The zero-order valence-corrected chi connectivity index (χ0v) is 11.3. The van der Waals surface area contributed by atoms with Gasteiger partial charge >= 0.3 is 0 Å². The second-order valence-electron chi connectivity index (χ2n) is 4.83. The van der Waals surface area contributed by atoms with Crippen LogP contribution < -0.4 is 11.1 Å². The number of rotatable bonds is 4. The number of anilines is 1. The molecule has 2 aromatic rings. The molecular formula is C16H17FN2O. The first-order chi connectivity index (χ1) is 9.54. The maximum atomic E-state index is 12.8. The molecule has 0 aliphatic rings. The number of benzene rings is 2. The molecule has 0 aliphatic carbocycles. The molecule has 0 aliphatic heterocycles. The number of nitrogen functional groups attached to an aromatic ring is 1. The molecule has 0 saturated heterocycles. The van der Waals surface area contributed by atoms with Crippen molar-refractivity contribution in [3.05, 3.63) is 65.5 Å². The Hall–Kier alpha value is -2.36. The summed E-state index contributed by atoms with van der Waals surface area (Å²) in [6, 6.07) is 13.1. The van der Waals surface area contributed by atoms with Gasteiger partial charge in [0.1, 0.15) is 5.82 Å². The van der Waals surface area contributed by atoms with Crippen molar-refractivity contribution in [2.45, 2.75) is 19.4 Å². The average molecular weight is 272 g/mol. The second kappa shape index (κ2) is 6.19. The standard InChI is InChI=1S/C16H17FN2O/c1-11(9-12-5-7-14(17)8-6-12)19-16(20)13-3-2-4-15(18)10-13/h2-8,10-11H,9,18H2,1H3,(H,19,20). The number of amides is 1. The Kier molecular flexibility index (Phi) is 4.35. The predicted molar refractivity (Wildman–Crippen MR) is 77.9 cm³/mol. The van der Waals surface area contributed by atoms with Crippen LogP contribution in [0.3, 0.4) is 0 Å². The molecule has 0 fully saturated rings. The van der Waals surface area contributed by atoms with E-state index in [9.17, 15) is 9.18 Å². The van der Waals surface area contributed by atoms with E-state index in [2.05, 4.69) is 5.32 Å². The topological polar surface area (TPSA) is 55.1 Å². The molecule has 0 heterocycles. The fraction of sp³-hybridized carbons (Fsp3) is 0.188. The van der Waals surface area contributed by atoms with Crippen molar-refractivity contribution in [2.75, 3.05) is 5.73 Å². The van der Waals surface area contributed by atoms with E-state index < -0.39 is 0 Å². The average Bonchev–Trinajstić information content (AvgIpc) is 2.41. The van der Waals surface area contributed by atoms with Crippen molar-refractivity contribution in [3.8, 4) is 0 Å². The van der Waals surface area contributed by atoms with Gasteiger partial charge in [-0.25, -0.2) is 4.39 Å². The zero-order chi connectivity index (χ0) is 14.5. The molecule has 0 spiro atoms. The summed E-state index contributed by atoms with van der Waals surface area (Å²) < 4.78 is 12.8. The van der Waals surface area contributed by atoms with Crippen molar-refractivity contribution >= 4 is 11.6 Å². The van der Waals surface area contributed by atoms with E-state index in [0.29, 0.717) is 17.7 Å². The molecule has 1 atom stereocenters. The summed E-state index contributed by atoms with van der Waals surface area (Å²) in [5.41, 5.74) is 7.72. The first kappa shape index (κ1) is 14.1. The molecule has 2 aromatic carbocycles. The lowest BCUT2D eigenvalue weighted by atomic mass is 10.1. The summed E-state index contributed by atoms with van der Waals surface area (Å²) >= 11 is 0. The van der Waals surface area contributed by atoms with E-state index in [1.54, 1.807) is 36.4 Å². The molecule has 1 amide bonds. The highest BCUT2D eigenvalue weighted by molar-refractivity contribution is 5.95. The van der Waals surface area contributed by atoms with Gasteiger partial charge in [-0.1, -0.05) is 18.2 Å². The normalized spacial score (nSPS) is 11.9. The van der Waals surface area contributed by atoms with E-state index in [-0.39, 0.29) is 17.8 Å². The van der Waals surface area contributed by atoms with Gasteiger partial charge in [-0.2, -0.15) is 0 Å². The van der Waals surface area contributed by atoms with Gasteiger partial charge in [0.15, 0.2) is 0 Å². The van der Waals surface area contributed by atoms with Crippen LogP contribution in [0, 0.1) is 5.82 Å². The molecule has 20 heavy (non-hydrogen) atoms. The zero-order valence-electron chi connectivity index (χ0n) is 11.3. The highest BCUT2D eigenvalue weighted by Crippen LogP contribution is 2.09. The summed E-state index contributed by atoms with van der Waals surface area (Å²) in [6.07, 6.45) is 0.647. The molecule has 3 N–H and O–H groups in total. The second-order valence-corrected chi connectivity index (χ2v) is 4.83. The maximum absolute atomic E-state index is 12.8. The minimum atomic E-state index is -0.259. The number of carbonyl (C=O) groups excluding carboxylic acids is 1. The molecule has 0 bridgehead atoms. The van der Waals surface area contributed by atoms with Crippen LogP contribution in [0.1, 0.15) is 22.8 Å². The van der Waals surface area contributed by atoms with E-state index in [1.165, 1.54) is 12.1 Å². The molecular weight excluding hydrogens is 255 g/mol. The van der Waals surface area contributed by atoms with Gasteiger partial charge in [0, 0.05) is 17.3 Å². The largest absolute Gasteiger partial charge is 0.399 e. The Morgan fingerprint density at radius 3 is 2.60 bits per heavy atom. The smallest absolute Gasteiger partial charge is 0.251 e. The Morgan fingerprint density at radius 2 is 1.95 bits per heavy atom. The predicted octanol–water partition coefficient (Wildman–Crippen LogP) is 2.77. The first-order valence-corrected chi connectivity index (χ1v) is 6.45. The Labute approximate surface area is 117 Å². The fourth-order valence-electron chi connectivity index (χ4n) is 2.01. The van der Waals surface area contributed by atoms with Gasteiger partial charge < -0.3 is 11.1 Å². The first-order valence-electron chi connectivity index (χ1n) is 6.45. The van der Waals surface area contributed by atoms with Crippen molar-refractivity contribution in [3.63, 3.8) is 0 Å². The number of nitrogens with one attached hydrogen (secondary N) is 1.